The van der Waals surface area contributed by atoms with Gasteiger partial charge in [0, 0.05) is 25.3 Å². The van der Waals surface area contributed by atoms with Gasteiger partial charge in [-0.05, 0) is 44.5 Å². The molecule has 1 aromatic heterocycles. The SMILES string of the molecule is CC(C)NS(=O)(=O)C1CCN(Cc2ccnc(N)c2)C1. The molecule has 0 amide bonds. The van der Waals surface area contributed by atoms with Crippen LogP contribution in [0.25, 0.3) is 0 Å². The summed E-state index contributed by atoms with van der Waals surface area (Å²) >= 11 is 0. The first-order valence-electron chi connectivity index (χ1n) is 6.81. The summed E-state index contributed by atoms with van der Waals surface area (Å²) in [5, 5.41) is -0.330. The van der Waals surface area contributed by atoms with Crippen molar-refractivity contribution >= 4 is 15.8 Å². The fraction of sp³-hybridized carbons (Fsp3) is 0.615. The van der Waals surface area contributed by atoms with E-state index < -0.39 is 10.0 Å². The Balaban J connectivity index is 1.96. The number of nitrogens with two attached hydrogens (primary N) is 1. The molecular formula is C13H22N4O2S. The number of hydrogen-bond donors (Lipinski definition) is 2. The smallest absolute Gasteiger partial charge is 0.216 e. The van der Waals surface area contributed by atoms with Crippen LogP contribution in [0.3, 0.4) is 0 Å². The molecule has 7 heteroatoms. The van der Waals surface area contributed by atoms with E-state index >= 15 is 0 Å². The summed E-state index contributed by atoms with van der Waals surface area (Å²) < 4.78 is 26.9. The molecule has 3 N–H and O–H groups in total. The quantitative estimate of drug-likeness (QED) is 0.829. The molecule has 1 saturated heterocycles. The lowest BCUT2D eigenvalue weighted by atomic mass is 10.2. The summed E-state index contributed by atoms with van der Waals surface area (Å²) in [4.78, 5) is 6.09. The molecule has 2 rings (SSSR count). The van der Waals surface area contributed by atoms with Gasteiger partial charge in [-0.25, -0.2) is 18.1 Å². The molecule has 112 valence electrons. The van der Waals surface area contributed by atoms with Crippen molar-refractivity contribution in [2.75, 3.05) is 18.8 Å². The molecule has 1 aromatic rings. The monoisotopic (exact) mass is 298 g/mol. The summed E-state index contributed by atoms with van der Waals surface area (Å²) in [5.41, 5.74) is 6.71. The third-order valence-corrected chi connectivity index (χ3v) is 5.38. The number of likely N-dealkylation sites (tertiary alicyclic amines) is 1. The van der Waals surface area contributed by atoms with Gasteiger partial charge in [0.1, 0.15) is 5.82 Å². The van der Waals surface area contributed by atoms with Crippen LogP contribution in [0.5, 0.6) is 0 Å². The maximum Gasteiger partial charge on any atom is 0.216 e. The summed E-state index contributed by atoms with van der Waals surface area (Å²) in [5.74, 6) is 0.493. The zero-order chi connectivity index (χ0) is 14.8. The lowest BCUT2D eigenvalue weighted by Crippen LogP contribution is -2.39. The number of nitrogen functional groups attached to an aromatic ring is 1. The second kappa shape index (κ2) is 6.07. The van der Waals surface area contributed by atoms with Crippen molar-refractivity contribution in [1.82, 2.24) is 14.6 Å². The van der Waals surface area contributed by atoms with Gasteiger partial charge in [-0.15, -0.1) is 0 Å². The van der Waals surface area contributed by atoms with Crippen LogP contribution in [-0.4, -0.2) is 42.7 Å². The van der Waals surface area contributed by atoms with Gasteiger partial charge >= 0.3 is 0 Å². The highest BCUT2D eigenvalue weighted by atomic mass is 32.2. The predicted molar refractivity (Wildman–Crippen MR) is 79.5 cm³/mol. The molecule has 6 nitrogen and oxygen atoms in total. The second-order valence-electron chi connectivity index (χ2n) is 5.55. The van der Waals surface area contributed by atoms with Crippen molar-refractivity contribution in [3.05, 3.63) is 23.9 Å². The van der Waals surface area contributed by atoms with E-state index in [4.69, 9.17) is 5.73 Å². The third-order valence-electron chi connectivity index (χ3n) is 3.32. The van der Waals surface area contributed by atoms with Crippen LogP contribution in [-0.2, 0) is 16.6 Å². The molecule has 2 heterocycles. The Labute approximate surface area is 120 Å². The van der Waals surface area contributed by atoms with E-state index in [9.17, 15) is 8.42 Å². The van der Waals surface area contributed by atoms with Crippen LogP contribution in [0.4, 0.5) is 5.82 Å². The van der Waals surface area contributed by atoms with Gasteiger partial charge in [-0.3, -0.25) is 4.90 Å². The molecule has 1 aliphatic rings. The number of nitrogens with one attached hydrogen (secondary N) is 1. The van der Waals surface area contributed by atoms with Crippen molar-refractivity contribution in [1.29, 1.82) is 0 Å². The highest BCUT2D eigenvalue weighted by Gasteiger charge is 2.33. The summed E-state index contributed by atoms with van der Waals surface area (Å²) in [7, 11) is -3.22. The molecule has 1 aliphatic heterocycles. The average Bonchev–Trinajstić information content (AvgIpc) is 2.76. The van der Waals surface area contributed by atoms with Gasteiger partial charge in [0.05, 0.1) is 5.25 Å². The van der Waals surface area contributed by atoms with E-state index in [0.29, 0.717) is 25.3 Å². The van der Waals surface area contributed by atoms with Crippen molar-refractivity contribution in [2.24, 2.45) is 0 Å². The standard InChI is InChI=1S/C13H22N4O2S/c1-10(2)16-20(18,19)12-4-6-17(9-12)8-11-3-5-15-13(14)7-11/h3,5,7,10,12,16H,4,6,8-9H2,1-2H3,(H2,14,15). The number of pyridine rings is 1. The molecule has 1 fully saturated rings. The minimum Gasteiger partial charge on any atom is -0.384 e. The largest absolute Gasteiger partial charge is 0.384 e. The van der Waals surface area contributed by atoms with Crippen molar-refractivity contribution in [2.45, 2.75) is 38.1 Å². The van der Waals surface area contributed by atoms with E-state index in [2.05, 4.69) is 14.6 Å². The molecule has 0 aliphatic carbocycles. The van der Waals surface area contributed by atoms with E-state index in [1.807, 2.05) is 26.0 Å². The topological polar surface area (TPSA) is 88.3 Å². The Bertz CT molecular complexity index is 559. The number of sulfonamides is 1. The Kier molecular flexibility index (Phi) is 4.62. The first-order valence-corrected chi connectivity index (χ1v) is 8.35. The second-order valence-corrected chi connectivity index (χ2v) is 7.54. The Morgan fingerprint density at radius 3 is 2.95 bits per heavy atom. The van der Waals surface area contributed by atoms with Gasteiger partial charge < -0.3 is 5.73 Å². The molecule has 20 heavy (non-hydrogen) atoms. The van der Waals surface area contributed by atoms with Crippen LogP contribution in [0.2, 0.25) is 0 Å². The van der Waals surface area contributed by atoms with Crippen LogP contribution in [0.15, 0.2) is 18.3 Å². The molecule has 0 radical (unpaired) electrons. The minimum atomic E-state index is -3.22. The highest BCUT2D eigenvalue weighted by molar-refractivity contribution is 7.90. The van der Waals surface area contributed by atoms with Crippen LogP contribution >= 0.6 is 0 Å². The fourth-order valence-electron chi connectivity index (χ4n) is 2.47. The van der Waals surface area contributed by atoms with E-state index in [0.717, 1.165) is 12.1 Å². The first-order chi connectivity index (χ1) is 9.37. The Hall–Kier alpha value is -1.18. The van der Waals surface area contributed by atoms with Crippen LogP contribution < -0.4 is 10.5 Å². The predicted octanol–water partition coefficient (Wildman–Crippen LogP) is 0.566. The summed E-state index contributed by atoms with van der Waals surface area (Å²) in [6, 6.07) is 3.67. The Morgan fingerprint density at radius 2 is 2.30 bits per heavy atom. The third kappa shape index (κ3) is 3.91. The molecular weight excluding hydrogens is 276 g/mol. The van der Waals surface area contributed by atoms with E-state index in [1.54, 1.807) is 6.20 Å². The van der Waals surface area contributed by atoms with Crippen molar-refractivity contribution < 1.29 is 8.42 Å². The molecule has 0 aromatic carbocycles. The number of aromatic nitrogens is 1. The molecule has 1 unspecified atom stereocenters. The van der Waals surface area contributed by atoms with Crippen LogP contribution in [0, 0.1) is 0 Å². The molecule has 1 atom stereocenters. The fourth-order valence-corrected chi connectivity index (χ4v) is 4.14. The maximum atomic E-state index is 12.1. The molecule has 0 bridgehead atoms. The lowest BCUT2D eigenvalue weighted by molar-refractivity contribution is 0.331. The number of anilines is 1. The zero-order valence-electron chi connectivity index (χ0n) is 11.9. The normalized spacial score (nSPS) is 20.6. The van der Waals surface area contributed by atoms with Gasteiger partial charge in [0.15, 0.2) is 0 Å². The van der Waals surface area contributed by atoms with E-state index in [1.165, 1.54) is 0 Å². The number of rotatable bonds is 5. The van der Waals surface area contributed by atoms with E-state index in [-0.39, 0.29) is 11.3 Å². The summed E-state index contributed by atoms with van der Waals surface area (Å²) in [6.07, 6.45) is 2.35. The molecule has 0 saturated carbocycles. The molecule has 0 spiro atoms. The first kappa shape index (κ1) is 15.2. The Morgan fingerprint density at radius 1 is 1.55 bits per heavy atom. The number of nitrogens with zero attached hydrogens (tertiary/aromatic N) is 2. The van der Waals surface area contributed by atoms with Gasteiger partial charge in [-0.2, -0.15) is 0 Å². The minimum absolute atomic E-state index is 0.0611. The average molecular weight is 298 g/mol. The number of hydrogen-bond acceptors (Lipinski definition) is 5. The van der Waals surface area contributed by atoms with Gasteiger partial charge in [0.25, 0.3) is 0 Å². The highest BCUT2D eigenvalue weighted by Crippen LogP contribution is 2.19. The van der Waals surface area contributed by atoms with Crippen molar-refractivity contribution in [3.8, 4) is 0 Å². The van der Waals surface area contributed by atoms with Crippen LogP contribution in [0.1, 0.15) is 25.8 Å². The van der Waals surface area contributed by atoms with Crippen molar-refractivity contribution in [3.63, 3.8) is 0 Å². The van der Waals surface area contributed by atoms with Gasteiger partial charge in [-0.1, -0.05) is 0 Å². The zero-order valence-corrected chi connectivity index (χ0v) is 12.7. The van der Waals surface area contributed by atoms with Gasteiger partial charge in [0.2, 0.25) is 10.0 Å². The maximum absolute atomic E-state index is 12.1. The lowest BCUT2D eigenvalue weighted by Gasteiger charge is -2.17. The summed E-state index contributed by atoms with van der Waals surface area (Å²) in [6.45, 7) is 5.73.